The third-order valence-electron chi connectivity index (χ3n) is 1.33. The van der Waals surface area contributed by atoms with Crippen LogP contribution in [0.25, 0.3) is 0 Å². The smallest absolute Gasteiger partial charge is 0.119 e. The zero-order chi connectivity index (χ0) is 8.81. The minimum atomic E-state index is 0.889. The summed E-state index contributed by atoms with van der Waals surface area (Å²) in [5, 5.41) is 0. The maximum Gasteiger partial charge on any atom is 0.119 e. The summed E-state index contributed by atoms with van der Waals surface area (Å²) < 4.78 is 9.27. The fraction of sp³-hybridized carbons (Fsp3) is 0.250. The molecule has 0 saturated carbocycles. The molecular formula is C8H10INOS. The largest absolute Gasteiger partial charge is 0.497 e. The van der Waals surface area contributed by atoms with Gasteiger partial charge in [-0.05, 0) is 36.2 Å². The number of alkyl halides is 1. The van der Waals surface area contributed by atoms with Gasteiger partial charge in [-0.25, -0.2) is 0 Å². The molecule has 66 valence electrons. The highest BCUT2D eigenvalue weighted by molar-refractivity contribution is 14.1. The first-order valence-electron chi connectivity index (χ1n) is 3.44. The van der Waals surface area contributed by atoms with Crippen LogP contribution in [0.15, 0.2) is 24.3 Å². The summed E-state index contributed by atoms with van der Waals surface area (Å²) in [6, 6.07) is 7.88. The molecule has 0 aliphatic rings. The number of halogens is 1. The molecule has 0 unspecified atom stereocenters. The van der Waals surface area contributed by atoms with Gasteiger partial charge in [0.1, 0.15) is 5.75 Å². The average molecular weight is 295 g/mol. The molecule has 1 rings (SSSR count). The number of ether oxygens (including phenoxy) is 1. The van der Waals surface area contributed by atoms with Crippen LogP contribution >= 0.6 is 34.5 Å². The number of hydrogen-bond donors (Lipinski definition) is 1. The zero-order valence-electron chi connectivity index (χ0n) is 6.71. The Morgan fingerprint density at radius 1 is 1.42 bits per heavy atom. The van der Waals surface area contributed by atoms with Crippen LogP contribution in [-0.2, 0) is 0 Å². The van der Waals surface area contributed by atoms with Gasteiger partial charge in [0, 0.05) is 5.69 Å². The topological polar surface area (TPSA) is 21.3 Å². The Labute approximate surface area is 90.3 Å². The molecule has 0 amide bonds. The lowest BCUT2D eigenvalue weighted by Gasteiger charge is -2.03. The number of anilines is 1. The number of nitrogens with one attached hydrogen (secondary N) is 1. The van der Waals surface area contributed by atoms with Crippen molar-refractivity contribution < 1.29 is 4.74 Å². The predicted molar refractivity (Wildman–Crippen MR) is 63.1 cm³/mol. The number of hydrogen-bond acceptors (Lipinski definition) is 3. The van der Waals surface area contributed by atoms with E-state index < -0.39 is 0 Å². The van der Waals surface area contributed by atoms with Gasteiger partial charge in [0.15, 0.2) is 0 Å². The standard InChI is InChI=1S/C8H10INOS/c1-11-8-4-2-7(3-5-8)10-12-6-9/h2-5,10H,6H2,1H3. The van der Waals surface area contributed by atoms with Gasteiger partial charge >= 0.3 is 0 Å². The summed E-state index contributed by atoms with van der Waals surface area (Å²) in [6.07, 6.45) is 0. The third-order valence-corrected chi connectivity index (χ3v) is 2.76. The van der Waals surface area contributed by atoms with Crippen molar-refractivity contribution in [2.24, 2.45) is 0 Å². The summed E-state index contributed by atoms with van der Waals surface area (Å²) >= 11 is 3.97. The molecule has 0 saturated heterocycles. The second kappa shape index (κ2) is 5.53. The molecule has 1 N–H and O–H groups in total. The van der Waals surface area contributed by atoms with Gasteiger partial charge in [-0.1, -0.05) is 22.6 Å². The van der Waals surface area contributed by atoms with Crippen LogP contribution < -0.4 is 9.46 Å². The van der Waals surface area contributed by atoms with Crippen molar-refractivity contribution in [1.29, 1.82) is 0 Å². The first kappa shape index (κ1) is 9.98. The Balaban J connectivity index is 2.53. The van der Waals surface area contributed by atoms with Crippen molar-refractivity contribution in [3.63, 3.8) is 0 Å². The predicted octanol–water partition coefficient (Wildman–Crippen LogP) is 3.15. The first-order chi connectivity index (χ1) is 5.86. The lowest BCUT2D eigenvalue weighted by Crippen LogP contribution is -1.86. The van der Waals surface area contributed by atoms with Crippen molar-refractivity contribution in [3.8, 4) is 5.75 Å². The second-order valence-electron chi connectivity index (χ2n) is 2.08. The minimum absolute atomic E-state index is 0.889. The van der Waals surface area contributed by atoms with Crippen molar-refractivity contribution >= 4 is 40.2 Å². The normalized spacial score (nSPS) is 9.50. The van der Waals surface area contributed by atoms with Crippen LogP contribution in [0.4, 0.5) is 5.69 Å². The lowest BCUT2D eigenvalue weighted by atomic mass is 10.3. The summed E-state index contributed by atoms with van der Waals surface area (Å²) in [5.41, 5.74) is 1.11. The highest BCUT2D eigenvalue weighted by Gasteiger charge is 1.91. The van der Waals surface area contributed by atoms with Crippen LogP contribution in [0.3, 0.4) is 0 Å². The molecule has 1 aromatic rings. The summed E-state index contributed by atoms with van der Waals surface area (Å²) in [6.45, 7) is 0. The lowest BCUT2D eigenvalue weighted by molar-refractivity contribution is 0.415. The van der Waals surface area contributed by atoms with Gasteiger partial charge in [-0.2, -0.15) is 0 Å². The van der Waals surface area contributed by atoms with E-state index in [1.54, 1.807) is 19.1 Å². The number of methoxy groups -OCH3 is 1. The van der Waals surface area contributed by atoms with E-state index >= 15 is 0 Å². The van der Waals surface area contributed by atoms with Crippen LogP contribution in [0.5, 0.6) is 5.75 Å². The highest BCUT2D eigenvalue weighted by Crippen LogP contribution is 2.18. The van der Waals surface area contributed by atoms with Gasteiger partial charge < -0.3 is 9.46 Å². The van der Waals surface area contributed by atoms with Gasteiger partial charge in [0.25, 0.3) is 0 Å². The van der Waals surface area contributed by atoms with Gasteiger partial charge in [0.05, 0.1) is 10.9 Å². The quantitative estimate of drug-likeness (QED) is 0.524. The molecular weight excluding hydrogens is 285 g/mol. The fourth-order valence-electron chi connectivity index (χ4n) is 0.770. The van der Waals surface area contributed by atoms with Gasteiger partial charge in [0.2, 0.25) is 0 Å². The van der Waals surface area contributed by atoms with E-state index in [0.29, 0.717) is 0 Å². The summed E-state index contributed by atoms with van der Waals surface area (Å²) in [4.78, 5) is 0. The molecule has 0 heterocycles. The molecule has 0 aliphatic heterocycles. The van der Waals surface area contributed by atoms with Crippen molar-refractivity contribution in [3.05, 3.63) is 24.3 Å². The Kier molecular flexibility index (Phi) is 4.60. The number of benzene rings is 1. The maximum atomic E-state index is 5.04. The van der Waals surface area contributed by atoms with Crippen LogP contribution in [0.2, 0.25) is 0 Å². The molecule has 0 fully saturated rings. The van der Waals surface area contributed by atoms with Crippen molar-refractivity contribution in [1.82, 2.24) is 0 Å². The van der Waals surface area contributed by atoms with E-state index in [0.717, 1.165) is 15.2 Å². The molecule has 2 nitrogen and oxygen atoms in total. The molecule has 0 aliphatic carbocycles. The molecule has 0 spiro atoms. The molecule has 1 aromatic carbocycles. The maximum absolute atomic E-state index is 5.04. The van der Waals surface area contributed by atoms with E-state index in [2.05, 4.69) is 27.3 Å². The molecule has 4 heteroatoms. The SMILES string of the molecule is COc1ccc(NSCI)cc1. The average Bonchev–Trinajstić information content (AvgIpc) is 2.15. The van der Waals surface area contributed by atoms with Gasteiger partial charge in [-0.15, -0.1) is 0 Å². The van der Waals surface area contributed by atoms with E-state index in [-0.39, 0.29) is 0 Å². The second-order valence-corrected chi connectivity index (χ2v) is 4.66. The van der Waals surface area contributed by atoms with Crippen molar-refractivity contribution in [2.75, 3.05) is 15.6 Å². The van der Waals surface area contributed by atoms with Gasteiger partial charge in [-0.3, -0.25) is 0 Å². The molecule has 0 atom stereocenters. The molecule has 0 bridgehead atoms. The zero-order valence-corrected chi connectivity index (χ0v) is 9.68. The van der Waals surface area contributed by atoms with E-state index in [4.69, 9.17) is 4.74 Å². The first-order valence-corrected chi connectivity index (χ1v) is 5.95. The Morgan fingerprint density at radius 2 is 2.08 bits per heavy atom. The van der Waals surface area contributed by atoms with E-state index in [1.807, 2.05) is 24.3 Å². The van der Waals surface area contributed by atoms with Crippen molar-refractivity contribution in [2.45, 2.75) is 0 Å². The Morgan fingerprint density at radius 3 is 2.58 bits per heavy atom. The summed E-state index contributed by atoms with van der Waals surface area (Å²) in [5.74, 6) is 0.889. The van der Waals surface area contributed by atoms with E-state index in [9.17, 15) is 0 Å². The van der Waals surface area contributed by atoms with Crippen LogP contribution in [-0.4, -0.2) is 10.9 Å². The monoisotopic (exact) mass is 295 g/mol. The van der Waals surface area contributed by atoms with Crippen LogP contribution in [0.1, 0.15) is 0 Å². The Bertz CT molecular complexity index is 227. The molecule has 0 radical (unpaired) electrons. The third kappa shape index (κ3) is 3.10. The number of rotatable bonds is 4. The highest BCUT2D eigenvalue weighted by atomic mass is 127. The molecule has 12 heavy (non-hydrogen) atoms. The van der Waals surface area contributed by atoms with E-state index in [1.165, 1.54) is 0 Å². The van der Waals surface area contributed by atoms with Crippen LogP contribution in [0, 0.1) is 0 Å². The summed E-state index contributed by atoms with van der Waals surface area (Å²) in [7, 11) is 1.67. The minimum Gasteiger partial charge on any atom is -0.497 e. The molecule has 0 aromatic heterocycles. The Hall–Kier alpha value is -0.100. The fourth-order valence-corrected chi connectivity index (χ4v) is 1.59.